The van der Waals surface area contributed by atoms with Crippen molar-refractivity contribution in [3.8, 4) is 17.2 Å². The van der Waals surface area contributed by atoms with Gasteiger partial charge in [0.05, 0.1) is 23.1 Å². The van der Waals surface area contributed by atoms with Crippen molar-refractivity contribution in [2.24, 2.45) is 5.92 Å². The van der Waals surface area contributed by atoms with Gasteiger partial charge in [0, 0.05) is 10.9 Å². The van der Waals surface area contributed by atoms with Crippen molar-refractivity contribution in [2.45, 2.75) is 45.2 Å². The van der Waals surface area contributed by atoms with Crippen LogP contribution >= 0.6 is 11.3 Å². The Morgan fingerprint density at radius 1 is 1.38 bits per heavy atom. The van der Waals surface area contributed by atoms with E-state index in [1.165, 1.54) is 0 Å². The molecule has 0 radical (unpaired) electrons. The number of carbonyl (C=O) groups excluding carboxylic acids is 1. The summed E-state index contributed by atoms with van der Waals surface area (Å²) in [5, 5.41) is 28.5. The van der Waals surface area contributed by atoms with Gasteiger partial charge in [-0.2, -0.15) is 5.26 Å². The van der Waals surface area contributed by atoms with E-state index < -0.39 is 5.54 Å². The van der Waals surface area contributed by atoms with Crippen LogP contribution in [0.3, 0.4) is 0 Å². The Kier molecular flexibility index (Phi) is 6.36. The number of nitrogens with one attached hydrogen (secondary N) is 4. The van der Waals surface area contributed by atoms with Gasteiger partial charge in [-0.15, -0.1) is 11.3 Å². The Morgan fingerprint density at radius 2 is 2.17 bits per heavy atom. The van der Waals surface area contributed by atoms with Gasteiger partial charge in [0.2, 0.25) is 5.91 Å². The number of hydrogen-bond donors (Lipinski definition) is 4. The Morgan fingerprint density at radius 3 is 2.90 bits per heavy atom. The summed E-state index contributed by atoms with van der Waals surface area (Å²) in [7, 11) is 0. The van der Waals surface area contributed by atoms with Gasteiger partial charge >= 0.3 is 0 Å². The van der Waals surface area contributed by atoms with Crippen LogP contribution in [-0.4, -0.2) is 24.5 Å². The lowest BCUT2D eigenvalue weighted by atomic mass is 9.79. The number of rotatable bonds is 7. The molecule has 1 aliphatic heterocycles. The highest BCUT2D eigenvalue weighted by Crippen LogP contribution is 2.39. The van der Waals surface area contributed by atoms with Crippen LogP contribution in [0.25, 0.3) is 11.1 Å². The van der Waals surface area contributed by atoms with E-state index in [-0.39, 0.29) is 17.8 Å². The lowest BCUT2D eigenvalue weighted by Gasteiger charge is -2.41. The van der Waals surface area contributed by atoms with E-state index in [4.69, 9.17) is 10.7 Å². The Labute approximate surface area is 175 Å². The Balaban J connectivity index is 1.88. The summed E-state index contributed by atoms with van der Waals surface area (Å²) in [5.74, 6) is -0.390. The van der Waals surface area contributed by atoms with E-state index in [1.807, 2.05) is 30.5 Å². The molecule has 0 bridgehead atoms. The highest BCUT2D eigenvalue weighted by molar-refractivity contribution is 7.10. The molecule has 1 aromatic heterocycles. The Bertz CT molecular complexity index is 947. The van der Waals surface area contributed by atoms with E-state index in [9.17, 15) is 4.79 Å². The lowest BCUT2D eigenvalue weighted by Crippen LogP contribution is -2.63. The first-order valence-electron chi connectivity index (χ1n) is 9.88. The normalized spacial score (nSPS) is 22.5. The molecular formula is C22H27N5OS. The molecule has 1 unspecified atom stereocenters. The van der Waals surface area contributed by atoms with Crippen LogP contribution < -0.4 is 16.0 Å². The SMILES string of the molecule is CCC(C)NCC[C@H]1C(=O)NC(=N)N[C@]1(C)c1cc(-c2cccc(C#N)c2)cs1. The monoisotopic (exact) mass is 409 g/mol. The molecule has 7 heteroatoms. The summed E-state index contributed by atoms with van der Waals surface area (Å²) in [4.78, 5) is 13.8. The van der Waals surface area contributed by atoms with Crippen LogP contribution in [-0.2, 0) is 10.3 Å². The van der Waals surface area contributed by atoms with Crippen molar-refractivity contribution in [3.63, 3.8) is 0 Å². The summed E-state index contributed by atoms with van der Waals surface area (Å²) < 4.78 is 0. The zero-order valence-electron chi connectivity index (χ0n) is 17.0. The molecule has 0 aliphatic carbocycles. The van der Waals surface area contributed by atoms with Crippen molar-refractivity contribution < 1.29 is 4.79 Å². The van der Waals surface area contributed by atoms with Gasteiger partial charge < -0.3 is 10.6 Å². The molecule has 1 amide bonds. The maximum atomic E-state index is 12.7. The zero-order chi connectivity index (χ0) is 21.0. The van der Waals surface area contributed by atoms with Crippen LogP contribution in [0.4, 0.5) is 0 Å². The average molecular weight is 410 g/mol. The molecule has 1 aliphatic rings. The van der Waals surface area contributed by atoms with Gasteiger partial charge in [-0.1, -0.05) is 19.1 Å². The van der Waals surface area contributed by atoms with Gasteiger partial charge in [-0.3, -0.25) is 15.5 Å². The number of nitrogens with zero attached hydrogens (tertiary/aromatic N) is 1. The van der Waals surface area contributed by atoms with E-state index >= 15 is 0 Å². The number of thiophene rings is 1. The van der Waals surface area contributed by atoms with Crippen LogP contribution in [0.5, 0.6) is 0 Å². The number of amides is 1. The number of hydrogen-bond acceptors (Lipinski definition) is 5. The standard InChI is InChI=1S/C22H27N5OS/c1-4-14(2)25-9-8-18-20(28)26-21(24)27-22(18,3)19-11-17(13-29-19)16-7-5-6-15(10-16)12-23/h5-7,10-11,13-14,18,25H,4,8-9H2,1-3H3,(H3,24,26,27,28)/t14?,18-,22-/m0/s1. The number of nitriles is 1. The molecule has 3 atom stereocenters. The molecule has 4 N–H and O–H groups in total. The smallest absolute Gasteiger partial charge is 0.232 e. The van der Waals surface area contributed by atoms with Crippen LogP contribution in [0.2, 0.25) is 0 Å². The highest BCUT2D eigenvalue weighted by atomic mass is 32.1. The molecule has 1 fully saturated rings. The fourth-order valence-electron chi connectivity index (χ4n) is 3.65. The summed E-state index contributed by atoms with van der Waals surface area (Å²) in [6.45, 7) is 7.00. The van der Waals surface area contributed by atoms with Crippen LogP contribution in [0, 0.1) is 22.7 Å². The third kappa shape index (κ3) is 4.50. The minimum Gasteiger partial charge on any atom is -0.345 e. The van der Waals surface area contributed by atoms with Crippen LogP contribution in [0.1, 0.15) is 44.1 Å². The first-order valence-corrected chi connectivity index (χ1v) is 10.8. The zero-order valence-corrected chi connectivity index (χ0v) is 17.8. The molecule has 29 heavy (non-hydrogen) atoms. The van der Waals surface area contributed by atoms with E-state index in [0.29, 0.717) is 18.0 Å². The maximum Gasteiger partial charge on any atom is 0.232 e. The van der Waals surface area contributed by atoms with Gasteiger partial charge in [0.15, 0.2) is 5.96 Å². The molecule has 0 saturated carbocycles. The fourth-order valence-corrected chi connectivity index (χ4v) is 4.74. The predicted octanol–water partition coefficient (Wildman–Crippen LogP) is 3.55. The maximum absolute atomic E-state index is 12.7. The average Bonchev–Trinajstić information content (AvgIpc) is 3.21. The van der Waals surface area contributed by atoms with E-state index in [1.54, 1.807) is 17.4 Å². The minimum absolute atomic E-state index is 0.0325. The van der Waals surface area contributed by atoms with Crippen molar-refractivity contribution in [1.29, 1.82) is 10.7 Å². The molecule has 1 aromatic carbocycles. The van der Waals surface area contributed by atoms with E-state index in [2.05, 4.69) is 41.9 Å². The quantitative estimate of drug-likeness (QED) is 0.562. The highest BCUT2D eigenvalue weighted by Gasteiger charge is 2.45. The summed E-state index contributed by atoms with van der Waals surface area (Å²) >= 11 is 1.57. The second kappa shape index (κ2) is 8.76. The Hall–Kier alpha value is -2.69. The first-order chi connectivity index (χ1) is 13.9. The van der Waals surface area contributed by atoms with Crippen molar-refractivity contribution in [3.05, 3.63) is 46.2 Å². The fraction of sp³-hybridized carbons (Fsp3) is 0.409. The second-order valence-electron chi connectivity index (χ2n) is 7.69. The van der Waals surface area contributed by atoms with Crippen LogP contribution in [0.15, 0.2) is 35.7 Å². The van der Waals surface area contributed by atoms with Gasteiger partial charge in [-0.25, -0.2) is 0 Å². The van der Waals surface area contributed by atoms with Crippen molar-refractivity contribution >= 4 is 23.2 Å². The minimum atomic E-state index is -0.660. The van der Waals surface area contributed by atoms with Gasteiger partial charge in [0.1, 0.15) is 0 Å². The van der Waals surface area contributed by atoms with E-state index in [0.717, 1.165) is 29.0 Å². The van der Waals surface area contributed by atoms with Crippen molar-refractivity contribution in [1.82, 2.24) is 16.0 Å². The summed E-state index contributed by atoms with van der Waals surface area (Å²) in [5.41, 5.74) is 1.94. The summed E-state index contributed by atoms with van der Waals surface area (Å²) in [6, 6.07) is 12.1. The molecule has 2 heterocycles. The van der Waals surface area contributed by atoms with Gasteiger partial charge in [0.25, 0.3) is 0 Å². The lowest BCUT2D eigenvalue weighted by molar-refractivity contribution is -0.127. The predicted molar refractivity (Wildman–Crippen MR) is 117 cm³/mol. The molecule has 1 saturated heterocycles. The number of guanidine groups is 1. The third-order valence-electron chi connectivity index (χ3n) is 5.62. The first kappa shape index (κ1) is 21.0. The molecule has 2 aromatic rings. The molecule has 0 spiro atoms. The topological polar surface area (TPSA) is 101 Å². The molecule has 3 rings (SSSR count). The molecule has 152 valence electrons. The third-order valence-corrected chi connectivity index (χ3v) is 6.79. The largest absolute Gasteiger partial charge is 0.345 e. The van der Waals surface area contributed by atoms with Gasteiger partial charge in [-0.05, 0) is 67.9 Å². The number of benzene rings is 1. The summed E-state index contributed by atoms with van der Waals surface area (Å²) in [6.07, 6.45) is 1.71. The number of carbonyl (C=O) groups is 1. The molecular weight excluding hydrogens is 382 g/mol. The van der Waals surface area contributed by atoms with Crippen molar-refractivity contribution in [2.75, 3.05) is 6.54 Å². The molecule has 6 nitrogen and oxygen atoms in total. The second-order valence-corrected chi connectivity index (χ2v) is 8.60.